The number of benzene rings is 1. The van der Waals surface area contributed by atoms with Gasteiger partial charge in [0.05, 0.1) is 0 Å². The molecule has 120 valence electrons. The third kappa shape index (κ3) is 4.05. The van der Waals surface area contributed by atoms with Crippen molar-refractivity contribution in [2.45, 2.75) is 6.54 Å². The van der Waals surface area contributed by atoms with E-state index in [1.54, 1.807) is 35.4 Å². The van der Waals surface area contributed by atoms with Gasteiger partial charge in [-0.3, -0.25) is 4.79 Å². The fourth-order valence-electron chi connectivity index (χ4n) is 2.12. The zero-order valence-corrected chi connectivity index (χ0v) is 13.4. The number of amides is 1. The van der Waals surface area contributed by atoms with Gasteiger partial charge in [0.1, 0.15) is 12.7 Å². The molecule has 0 aliphatic rings. The van der Waals surface area contributed by atoms with Crippen molar-refractivity contribution in [2.75, 3.05) is 0 Å². The molecule has 24 heavy (non-hydrogen) atoms. The zero-order valence-electron chi connectivity index (χ0n) is 12.6. The molecule has 7 heteroatoms. The summed E-state index contributed by atoms with van der Waals surface area (Å²) in [5.41, 5.74) is 1.70. The summed E-state index contributed by atoms with van der Waals surface area (Å²) >= 11 is 5.91. The first-order valence-corrected chi connectivity index (χ1v) is 7.60. The molecular weight excluding hydrogens is 326 g/mol. The van der Waals surface area contributed by atoms with Crippen LogP contribution in [0.5, 0.6) is 0 Å². The predicted molar refractivity (Wildman–Crippen MR) is 91.5 cm³/mol. The molecule has 1 aromatic carbocycles. The van der Waals surface area contributed by atoms with Crippen LogP contribution in [-0.2, 0) is 11.3 Å². The largest absolute Gasteiger partial charge is 0.348 e. The van der Waals surface area contributed by atoms with Gasteiger partial charge in [-0.25, -0.2) is 14.6 Å². The molecule has 0 aliphatic heterocycles. The van der Waals surface area contributed by atoms with Crippen LogP contribution in [0.25, 0.3) is 11.9 Å². The first kappa shape index (κ1) is 15.9. The lowest BCUT2D eigenvalue weighted by molar-refractivity contribution is -0.116. The van der Waals surface area contributed by atoms with Gasteiger partial charge in [0, 0.05) is 29.4 Å². The molecule has 6 nitrogen and oxygen atoms in total. The van der Waals surface area contributed by atoms with E-state index in [9.17, 15) is 4.79 Å². The van der Waals surface area contributed by atoms with Crippen LogP contribution in [0.4, 0.5) is 0 Å². The van der Waals surface area contributed by atoms with Crippen molar-refractivity contribution >= 4 is 23.6 Å². The maximum absolute atomic E-state index is 12.0. The Morgan fingerprint density at radius 3 is 3.00 bits per heavy atom. The van der Waals surface area contributed by atoms with Gasteiger partial charge in [-0.1, -0.05) is 29.8 Å². The van der Waals surface area contributed by atoms with Crippen molar-refractivity contribution < 1.29 is 4.79 Å². The van der Waals surface area contributed by atoms with Crippen molar-refractivity contribution in [1.29, 1.82) is 0 Å². The van der Waals surface area contributed by atoms with Crippen LogP contribution < -0.4 is 5.32 Å². The van der Waals surface area contributed by atoms with Crippen LogP contribution in [0.3, 0.4) is 0 Å². The number of hydrogen-bond acceptors (Lipinski definition) is 4. The summed E-state index contributed by atoms with van der Waals surface area (Å²) in [5, 5.41) is 7.52. The van der Waals surface area contributed by atoms with E-state index in [1.807, 2.05) is 24.3 Å². The Bertz CT molecular complexity index is 861. The molecule has 0 spiro atoms. The molecule has 0 bridgehead atoms. The number of carbonyl (C=O) groups excluding carboxylic acids is 1. The minimum absolute atomic E-state index is 0.205. The molecule has 0 fully saturated rings. The smallest absolute Gasteiger partial charge is 0.244 e. The van der Waals surface area contributed by atoms with Gasteiger partial charge < -0.3 is 5.32 Å². The Kier molecular flexibility index (Phi) is 4.98. The Morgan fingerprint density at radius 2 is 2.21 bits per heavy atom. The van der Waals surface area contributed by atoms with E-state index in [0.29, 0.717) is 17.4 Å². The summed E-state index contributed by atoms with van der Waals surface area (Å²) in [6.45, 7) is 0.335. The SMILES string of the molecule is O=C(C=Cc1cccc(Cl)c1)NCc1cccnc1-n1cncn1. The maximum Gasteiger partial charge on any atom is 0.244 e. The first-order valence-electron chi connectivity index (χ1n) is 7.23. The molecule has 0 aliphatic carbocycles. The van der Waals surface area contributed by atoms with E-state index in [1.165, 1.54) is 12.4 Å². The predicted octanol–water partition coefficient (Wildman–Crippen LogP) is 2.65. The Labute approximate surface area is 143 Å². The van der Waals surface area contributed by atoms with Gasteiger partial charge in [-0.05, 0) is 29.8 Å². The van der Waals surface area contributed by atoms with Crippen molar-refractivity contribution in [2.24, 2.45) is 0 Å². The van der Waals surface area contributed by atoms with Gasteiger partial charge in [-0.2, -0.15) is 5.10 Å². The topological polar surface area (TPSA) is 72.7 Å². The summed E-state index contributed by atoms with van der Waals surface area (Å²) in [6.07, 6.45) is 7.85. The number of nitrogens with zero attached hydrogens (tertiary/aromatic N) is 4. The van der Waals surface area contributed by atoms with E-state index in [0.717, 1.165) is 11.1 Å². The molecule has 1 amide bonds. The van der Waals surface area contributed by atoms with Crippen LogP contribution in [0, 0.1) is 0 Å². The summed E-state index contributed by atoms with van der Waals surface area (Å²) in [5.74, 6) is 0.428. The second-order valence-corrected chi connectivity index (χ2v) is 5.37. The first-order chi connectivity index (χ1) is 11.7. The van der Waals surface area contributed by atoms with Crippen LogP contribution in [-0.4, -0.2) is 25.7 Å². The summed E-state index contributed by atoms with van der Waals surface area (Å²) in [6, 6.07) is 11.0. The normalized spacial score (nSPS) is 10.9. The summed E-state index contributed by atoms with van der Waals surface area (Å²) in [7, 11) is 0. The third-order valence-electron chi connectivity index (χ3n) is 3.23. The van der Waals surface area contributed by atoms with E-state index in [2.05, 4.69) is 20.4 Å². The summed E-state index contributed by atoms with van der Waals surface area (Å²) < 4.78 is 1.56. The molecule has 2 heterocycles. The number of aromatic nitrogens is 4. The lowest BCUT2D eigenvalue weighted by Gasteiger charge is -2.08. The van der Waals surface area contributed by atoms with E-state index >= 15 is 0 Å². The number of nitrogens with one attached hydrogen (secondary N) is 1. The van der Waals surface area contributed by atoms with E-state index < -0.39 is 0 Å². The lowest BCUT2D eigenvalue weighted by Crippen LogP contribution is -2.21. The zero-order chi connectivity index (χ0) is 16.8. The van der Waals surface area contributed by atoms with Gasteiger partial charge in [0.15, 0.2) is 5.82 Å². The minimum atomic E-state index is -0.205. The van der Waals surface area contributed by atoms with Crippen molar-refractivity contribution in [1.82, 2.24) is 25.1 Å². The molecule has 0 saturated heterocycles. The number of halogens is 1. The maximum atomic E-state index is 12.0. The molecule has 3 rings (SSSR count). The number of rotatable bonds is 5. The highest BCUT2D eigenvalue weighted by molar-refractivity contribution is 6.30. The second-order valence-electron chi connectivity index (χ2n) is 4.93. The standard InChI is InChI=1S/C17H14ClN5O/c18-15-5-1-3-13(9-15)6-7-16(24)21-10-14-4-2-8-20-17(14)23-12-19-11-22-23/h1-9,11-12H,10H2,(H,21,24). The molecule has 0 unspecified atom stereocenters. The minimum Gasteiger partial charge on any atom is -0.348 e. The van der Waals surface area contributed by atoms with Crippen LogP contribution >= 0.6 is 11.6 Å². The van der Waals surface area contributed by atoms with Gasteiger partial charge >= 0.3 is 0 Å². The van der Waals surface area contributed by atoms with Crippen molar-refractivity contribution in [3.05, 3.63) is 77.5 Å². The third-order valence-corrected chi connectivity index (χ3v) is 3.47. The Balaban J connectivity index is 1.65. The fraction of sp³-hybridized carbons (Fsp3) is 0.0588. The van der Waals surface area contributed by atoms with Gasteiger partial charge in [0.2, 0.25) is 5.91 Å². The highest BCUT2D eigenvalue weighted by atomic mass is 35.5. The molecule has 0 atom stereocenters. The summed E-state index contributed by atoms with van der Waals surface area (Å²) in [4.78, 5) is 20.2. The fourth-order valence-corrected chi connectivity index (χ4v) is 2.31. The molecule has 1 N–H and O–H groups in total. The lowest BCUT2D eigenvalue weighted by atomic mass is 10.2. The van der Waals surface area contributed by atoms with Crippen molar-refractivity contribution in [3.63, 3.8) is 0 Å². The van der Waals surface area contributed by atoms with Crippen molar-refractivity contribution in [3.8, 4) is 5.82 Å². The quantitative estimate of drug-likeness (QED) is 0.725. The average molecular weight is 340 g/mol. The monoisotopic (exact) mass is 339 g/mol. The van der Waals surface area contributed by atoms with Crippen LogP contribution in [0.2, 0.25) is 5.02 Å². The van der Waals surface area contributed by atoms with Crippen LogP contribution in [0.1, 0.15) is 11.1 Å². The number of carbonyl (C=O) groups is 1. The van der Waals surface area contributed by atoms with Gasteiger partial charge in [0.25, 0.3) is 0 Å². The molecule has 3 aromatic rings. The number of pyridine rings is 1. The number of hydrogen-bond donors (Lipinski definition) is 1. The van der Waals surface area contributed by atoms with E-state index in [-0.39, 0.29) is 5.91 Å². The highest BCUT2D eigenvalue weighted by Gasteiger charge is 2.07. The molecule has 2 aromatic heterocycles. The highest BCUT2D eigenvalue weighted by Crippen LogP contribution is 2.12. The van der Waals surface area contributed by atoms with Gasteiger partial charge in [-0.15, -0.1) is 0 Å². The Hall–Kier alpha value is -2.99. The second kappa shape index (κ2) is 7.52. The van der Waals surface area contributed by atoms with Crippen LogP contribution in [0.15, 0.2) is 61.3 Å². The molecule has 0 saturated carbocycles. The molecular formula is C17H14ClN5O. The molecule has 0 radical (unpaired) electrons. The Morgan fingerprint density at radius 1 is 1.29 bits per heavy atom. The van der Waals surface area contributed by atoms with E-state index in [4.69, 9.17) is 11.6 Å². The average Bonchev–Trinajstić information content (AvgIpc) is 3.13.